The van der Waals surface area contributed by atoms with Crippen LogP contribution >= 0.6 is 0 Å². The third-order valence-electron chi connectivity index (χ3n) is 2.26. The van der Waals surface area contributed by atoms with E-state index in [1.807, 2.05) is 19.1 Å². The van der Waals surface area contributed by atoms with Gasteiger partial charge in [-0.3, -0.25) is 0 Å². The number of allylic oxidation sites excluding steroid dienone is 1. The SMILES string of the molecule is C=C[C@H](C)[C@@]1(O)C=CCC1. The molecule has 0 spiro atoms. The summed E-state index contributed by atoms with van der Waals surface area (Å²) in [5, 5.41) is 9.80. The normalized spacial score (nSPS) is 34.2. The molecule has 0 bridgehead atoms. The Morgan fingerprint density at radius 2 is 2.50 bits per heavy atom. The van der Waals surface area contributed by atoms with Gasteiger partial charge in [0.1, 0.15) is 0 Å². The summed E-state index contributed by atoms with van der Waals surface area (Å²) in [5.41, 5.74) is -0.595. The topological polar surface area (TPSA) is 20.2 Å². The van der Waals surface area contributed by atoms with Gasteiger partial charge in [-0.25, -0.2) is 0 Å². The van der Waals surface area contributed by atoms with Crippen LogP contribution < -0.4 is 0 Å². The van der Waals surface area contributed by atoms with Crippen LogP contribution in [-0.4, -0.2) is 10.7 Å². The highest BCUT2D eigenvalue weighted by Gasteiger charge is 2.30. The Kier molecular flexibility index (Phi) is 1.95. The minimum absolute atomic E-state index is 0.172. The van der Waals surface area contributed by atoms with E-state index in [4.69, 9.17) is 0 Å². The van der Waals surface area contributed by atoms with Gasteiger partial charge in [0.15, 0.2) is 0 Å². The Balaban J connectivity index is 2.67. The van der Waals surface area contributed by atoms with Crippen molar-refractivity contribution in [3.8, 4) is 0 Å². The van der Waals surface area contributed by atoms with Crippen LogP contribution in [0.1, 0.15) is 19.8 Å². The largest absolute Gasteiger partial charge is 0.385 e. The molecule has 0 aliphatic heterocycles. The third-order valence-corrected chi connectivity index (χ3v) is 2.26. The van der Waals surface area contributed by atoms with Crippen molar-refractivity contribution >= 4 is 0 Å². The second-order valence-electron chi connectivity index (χ2n) is 2.96. The lowest BCUT2D eigenvalue weighted by molar-refractivity contribution is 0.0550. The third kappa shape index (κ3) is 1.14. The average Bonchev–Trinajstić information content (AvgIpc) is 2.36. The fraction of sp³-hybridized carbons (Fsp3) is 0.556. The van der Waals surface area contributed by atoms with E-state index < -0.39 is 5.60 Å². The molecule has 0 radical (unpaired) electrons. The van der Waals surface area contributed by atoms with Crippen LogP contribution in [0.5, 0.6) is 0 Å². The molecule has 10 heavy (non-hydrogen) atoms. The minimum atomic E-state index is -0.595. The number of hydrogen-bond donors (Lipinski definition) is 1. The minimum Gasteiger partial charge on any atom is -0.385 e. The fourth-order valence-electron chi connectivity index (χ4n) is 1.27. The van der Waals surface area contributed by atoms with Gasteiger partial charge in [0, 0.05) is 5.92 Å². The van der Waals surface area contributed by atoms with Crippen LogP contribution in [0.3, 0.4) is 0 Å². The first-order chi connectivity index (χ1) is 4.69. The predicted molar refractivity (Wildman–Crippen MR) is 42.7 cm³/mol. The van der Waals surface area contributed by atoms with Crippen molar-refractivity contribution in [2.75, 3.05) is 0 Å². The van der Waals surface area contributed by atoms with E-state index in [0.717, 1.165) is 12.8 Å². The van der Waals surface area contributed by atoms with Crippen LogP contribution in [0.4, 0.5) is 0 Å². The number of aliphatic hydroxyl groups is 1. The first kappa shape index (κ1) is 7.55. The number of hydrogen-bond acceptors (Lipinski definition) is 1. The van der Waals surface area contributed by atoms with Crippen LogP contribution in [0.15, 0.2) is 24.8 Å². The molecule has 56 valence electrons. The van der Waals surface area contributed by atoms with E-state index in [2.05, 4.69) is 6.58 Å². The Hall–Kier alpha value is -0.560. The molecule has 0 unspecified atom stereocenters. The summed E-state index contributed by atoms with van der Waals surface area (Å²) in [6.45, 7) is 5.65. The highest BCUT2D eigenvalue weighted by Crippen LogP contribution is 2.30. The summed E-state index contributed by atoms with van der Waals surface area (Å²) in [5.74, 6) is 0.172. The first-order valence-corrected chi connectivity index (χ1v) is 3.72. The maximum atomic E-state index is 9.80. The second kappa shape index (κ2) is 2.59. The van der Waals surface area contributed by atoms with Crippen molar-refractivity contribution in [3.63, 3.8) is 0 Å². The molecule has 0 aromatic rings. The highest BCUT2D eigenvalue weighted by molar-refractivity contribution is 5.13. The molecule has 0 amide bonds. The zero-order valence-corrected chi connectivity index (χ0v) is 6.38. The zero-order valence-electron chi connectivity index (χ0n) is 6.38. The Labute approximate surface area is 62.1 Å². The molecule has 0 aromatic carbocycles. The summed E-state index contributed by atoms with van der Waals surface area (Å²) in [6, 6.07) is 0. The molecule has 0 heterocycles. The lowest BCUT2D eigenvalue weighted by atomic mass is 9.89. The van der Waals surface area contributed by atoms with Gasteiger partial charge >= 0.3 is 0 Å². The van der Waals surface area contributed by atoms with Gasteiger partial charge in [-0.1, -0.05) is 25.2 Å². The van der Waals surface area contributed by atoms with Gasteiger partial charge in [0.25, 0.3) is 0 Å². The molecule has 1 N–H and O–H groups in total. The zero-order chi connectivity index (χ0) is 7.61. The molecular weight excluding hydrogens is 124 g/mol. The standard InChI is InChI=1S/C9H14O/c1-3-8(2)9(10)6-4-5-7-9/h3-4,6,8,10H,1,5,7H2,2H3/t8-,9+/m0/s1. The summed E-state index contributed by atoms with van der Waals surface area (Å²) >= 11 is 0. The summed E-state index contributed by atoms with van der Waals surface area (Å²) in [6.07, 6.45) is 7.56. The maximum absolute atomic E-state index is 9.80. The molecule has 0 aromatic heterocycles. The van der Waals surface area contributed by atoms with Crippen molar-refractivity contribution < 1.29 is 5.11 Å². The molecule has 0 saturated carbocycles. The molecule has 0 saturated heterocycles. The van der Waals surface area contributed by atoms with Crippen molar-refractivity contribution in [1.29, 1.82) is 0 Å². The quantitative estimate of drug-likeness (QED) is 0.578. The maximum Gasteiger partial charge on any atom is 0.0890 e. The van der Waals surface area contributed by atoms with Crippen molar-refractivity contribution in [1.82, 2.24) is 0 Å². The van der Waals surface area contributed by atoms with Gasteiger partial charge in [-0.05, 0) is 12.8 Å². The van der Waals surface area contributed by atoms with E-state index in [1.54, 1.807) is 6.08 Å². The van der Waals surface area contributed by atoms with E-state index in [-0.39, 0.29) is 5.92 Å². The summed E-state index contributed by atoms with van der Waals surface area (Å²) in [7, 11) is 0. The van der Waals surface area contributed by atoms with Gasteiger partial charge in [0.2, 0.25) is 0 Å². The van der Waals surface area contributed by atoms with Crippen molar-refractivity contribution in [3.05, 3.63) is 24.8 Å². The van der Waals surface area contributed by atoms with Crippen molar-refractivity contribution in [2.24, 2.45) is 5.92 Å². The smallest absolute Gasteiger partial charge is 0.0890 e. The van der Waals surface area contributed by atoms with Gasteiger partial charge < -0.3 is 5.11 Å². The van der Waals surface area contributed by atoms with E-state index in [0.29, 0.717) is 0 Å². The van der Waals surface area contributed by atoms with E-state index >= 15 is 0 Å². The molecule has 1 aliphatic rings. The lowest BCUT2D eigenvalue weighted by Crippen LogP contribution is -2.30. The Bertz CT molecular complexity index is 160. The van der Waals surface area contributed by atoms with Crippen molar-refractivity contribution in [2.45, 2.75) is 25.4 Å². The summed E-state index contributed by atoms with van der Waals surface area (Å²) < 4.78 is 0. The number of rotatable bonds is 2. The molecule has 1 rings (SSSR count). The fourth-order valence-corrected chi connectivity index (χ4v) is 1.27. The monoisotopic (exact) mass is 138 g/mol. The van der Waals surface area contributed by atoms with Gasteiger partial charge in [-0.2, -0.15) is 0 Å². The van der Waals surface area contributed by atoms with Gasteiger partial charge in [0.05, 0.1) is 5.60 Å². The Morgan fingerprint density at radius 1 is 1.80 bits per heavy atom. The molecule has 0 fully saturated rings. The van der Waals surface area contributed by atoms with Crippen LogP contribution in [0.25, 0.3) is 0 Å². The predicted octanol–water partition coefficient (Wildman–Crippen LogP) is 1.89. The average molecular weight is 138 g/mol. The lowest BCUT2D eigenvalue weighted by Gasteiger charge is -2.25. The molecule has 1 heteroatoms. The van der Waals surface area contributed by atoms with Gasteiger partial charge in [-0.15, -0.1) is 6.58 Å². The molecule has 2 atom stereocenters. The van der Waals surface area contributed by atoms with Crippen LogP contribution in [0, 0.1) is 5.92 Å². The van der Waals surface area contributed by atoms with E-state index in [9.17, 15) is 5.11 Å². The van der Waals surface area contributed by atoms with E-state index in [1.165, 1.54) is 0 Å². The molecular formula is C9H14O. The highest BCUT2D eigenvalue weighted by atomic mass is 16.3. The Morgan fingerprint density at radius 3 is 2.90 bits per heavy atom. The van der Waals surface area contributed by atoms with Crippen LogP contribution in [-0.2, 0) is 0 Å². The summed E-state index contributed by atoms with van der Waals surface area (Å²) in [4.78, 5) is 0. The molecule has 1 aliphatic carbocycles. The second-order valence-corrected chi connectivity index (χ2v) is 2.96. The van der Waals surface area contributed by atoms with Crippen LogP contribution in [0.2, 0.25) is 0 Å². The first-order valence-electron chi connectivity index (χ1n) is 3.72. The molecule has 1 nitrogen and oxygen atoms in total.